The van der Waals surface area contributed by atoms with Crippen molar-refractivity contribution in [3.63, 3.8) is 0 Å². The highest BCUT2D eigenvalue weighted by Crippen LogP contribution is 2.61. The van der Waals surface area contributed by atoms with Gasteiger partial charge >= 0.3 is 5.97 Å². The van der Waals surface area contributed by atoms with Gasteiger partial charge in [-0.25, -0.2) is 0 Å². The van der Waals surface area contributed by atoms with Gasteiger partial charge in [0.25, 0.3) is 0 Å². The number of anilines is 2. The van der Waals surface area contributed by atoms with Gasteiger partial charge < -0.3 is 20.1 Å². The first kappa shape index (κ1) is 22.9. The van der Waals surface area contributed by atoms with E-state index in [0.29, 0.717) is 50.1 Å². The van der Waals surface area contributed by atoms with E-state index in [9.17, 15) is 19.6 Å². The van der Waals surface area contributed by atoms with Crippen molar-refractivity contribution in [3.8, 4) is 11.8 Å². The topological polar surface area (TPSA) is 120 Å². The number of hydrogen-bond acceptors (Lipinski definition) is 5. The molecule has 1 aliphatic carbocycles. The smallest absolute Gasteiger partial charge is 0.303 e. The molecule has 3 aliphatic rings. The molecule has 35 heavy (non-hydrogen) atoms. The Hall–Kier alpha value is -3.86. The van der Waals surface area contributed by atoms with Gasteiger partial charge in [-0.3, -0.25) is 14.4 Å². The highest BCUT2D eigenvalue weighted by atomic mass is 16.5. The third-order valence-electron chi connectivity index (χ3n) is 7.42. The van der Waals surface area contributed by atoms with Crippen LogP contribution < -0.4 is 15.0 Å². The molecule has 2 aliphatic heterocycles. The van der Waals surface area contributed by atoms with Crippen LogP contribution in [0.3, 0.4) is 0 Å². The molecule has 2 aromatic rings. The molecule has 1 saturated heterocycles. The standard InChI is InChI=1S/C27H27N3O5/c28-16-17-6-7-18(3-1-5-25(32)33)22(13-17)29-26(34)21-15-27(21)10-12-35-23-9-8-19(14-20(23)27)30-11-2-4-24(30)31/h6-9,13-14,21H,1-5,10-12,15H2,(H,29,34)(H,32,33)/t21-,27-/m0/s1. The summed E-state index contributed by atoms with van der Waals surface area (Å²) in [6.45, 7) is 1.23. The third-order valence-corrected chi connectivity index (χ3v) is 7.42. The highest BCUT2D eigenvalue weighted by molar-refractivity contribution is 5.98. The van der Waals surface area contributed by atoms with Crippen molar-refractivity contribution in [2.75, 3.05) is 23.4 Å². The third kappa shape index (κ3) is 4.34. The molecule has 1 saturated carbocycles. The minimum Gasteiger partial charge on any atom is -0.493 e. The van der Waals surface area contributed by atoms with Crippen LogP contribution in [0, 0.1) is 17.2 Å². The normalized spacial score (nSPS) is 22.3. The lowest BCUT2D eigenvalue weighted by molar-refractivity contribution is -0.137. The number of carbonyl (C=O) groups excluding carboxylic acids is 2. The quantitative estimate of drug-likeness (QED) is 0.632. The van der Waals surface area contributed by atoms with Crippen LogP contribution in [-0.4, -0.2) is 36.0 Å². The Labute approximate surface area is 203 Å². The molecular formula is C27H27N3O5. The summed E-state index contributed by atoms with van der Waals surface area (Å²) in [5.41, 5.74) is 3.32. The fraction of sp³-hybridized carbons (Fsp3) is 0.407. The zero-order valence-electron chi connectivity index (χ0n) is 19.4. The number of nitrogens with zero attached hydrogens (tertiary/aromatic N) is 2. The van der Waals surface area contributed by atoms with Crippen LogP contribution in [0.1, 0.15) is 55.2 Å². The number of nitrogens with one attached hydrogen (secondary N) is 1. The van der Waals surface area contributed by atoms with E-state index in [4.69, 9.17) is 9.84 Å². The maximum atomic E-state index is 13.4. The zero-order valence-corrected chi connectivity index (χ0v) is 19.4. The number of rotatable bonds is 7. The second kappa shape index (κ2) is 9.06. The van der Waals surface area contributed by atoms with Crippen molar-refractivity contribution in [1.29, 1.82) is 5.26 Å². The second-order valence-corrected chi connectivity index (χ2v) is 9.56. The van der Waals surface area contributed by atoms with Crippen molar-refractivity contribution >= 4 is 29.2 Å². The van der Waals surface area contributed by atoms with Gasteiger partial charge in [0.15, 0.2) is 0 Å². The predicted molar refractivity (Wildman–Crippen MR) is 128 cm³/mol. The van der Waals surface area contributed by atoms with Crippen LogP contribution in [0.4, 0.5) is 11.4 Å². The fourth-order valence-corrected chi connectivity index (χ4v) is 5.45. The number of carbonyl (C=O) groups is 3. The van der Waals surface area contributed by atoms with Crippen molar-refractivity contribution in [3.05, 3.63) is 53.1 Å². The number of aliphatic carboxylic acids is 1. The number of fused-ring (bicyclic) bond motifs is 2. The van der Waals surface area contributed by atoms with E-state index in [2.05, 4.69) is 11.4 Å². The molecular weight excluding hydrogens is 446 g/mol. The van der Waals surface area contributed by atoms with Crippen LogP contribution in [-0.2, 0) is 26.2 Å². The Bertz CT molecular complexity index is 1250. The van der Waals surface area contributed by atoms with E-state index in [1.165, 1.54) is 0 Å². The summed E-state index contributed by atoms with van der Waals surface area (Å²) >= 11 is 0. The van der Waals surface area contributed by atoms with Crippen LogP contribution in [0.25, 0.3) is 0 Å². The number of aryl methyl sites for hydroxylation is 1. The van der Waals surface area contributed by atoms with E-state index in [1.807, 2.05) is 18.2 Å². The Morgan fingerprint density at radius 1 is 1.26 bits per heavy atom. The van der Waals surface area contributed by atoms with E-state index in [-0.39, 0.29) is 29.6 Å². The predicted octanol–water partition coefficient (Wildman–Crippen LogP) is 3.77. The molecule has 2 fully saturated rings. The average molecular weight is 474 g/mol. The molecule has 5 rings (SSSR count). The molecule has 2 atom stereocenters. The van der Waals surface area contributed by atoms with Crippen molar-refractivity contribution in [2.45, 2.75) is 50.4 Å². The SMILES string of the molecule is N#Cc1ccc(CCCC(=O)O)c(NC(=O)[C@@H]2C[C@]23CCOc2ccc(N4CCCC4=O)cc23)c1. The lowest BCUT2D eigenvalue weighted by Gasteiger charge is -2.28. The maximum Gasteiger partial charge on any atom is 0.303 e. The van der Waals surface area contributed by atoms with Gasteiger partial charge in [-0.2, -0.15) is 5.26 Å². The number of carboxylic acids is 1. The molecule has 1 spiro atoms. The molecule has 0 unspecified atom stereocenters. The molecule has 0 aromatic heterocycles. The van der Waals surface area contributed by atoms with Crippen LogP contribution in [0.5, 0.6) is 5.75 Å². The first-order valence-electron chi connectivity index (χ1n) is 12.0. The maximum absolute atomic E-state index is 13.4. The number of benzene rings is 2. The first-order chi connectivity index (χ1) is 16.9. The number of ether oxygens (including phenoxy) is 1. The van der Waals surface area contributed by atoms with Crippen molar-refractivity contribution in [2.24, 2.45) is 5.92 Å². The van der Waals surface area contributed by atoms with Gasteiger partial charge in [0, 0.05) is 47.7 Å². The van der Waals surface area contributed by atoms with Gasteiger partial charge in [-0.1, -0.05) is 6.07 Å². The first-order valence-corrected chi connectivity index (χ1v) is 12.0. The molecule has 0 bridgehead atoms. The zero-order chi connectivity index (χ0) is 24.6. The van der Waals surface area contributed by atoms with Gasteiger partial charge in [-0.15, -0.1) is 0 Å². The Morgan fingerprint density at radius 2 is 2.11 bits per heavy atom. The summed E-state index contributed by atoms with van der Waals surface area (Å²) in [5.74, 6) is -0.337. The minimum absolute atomic E-state index is 0.0394. The summed E-state index contributed by atoms with van der Waals surface area (Å²) in [4.78, 5) is 38.4. The number of amides is 2. The largest absolute Gasteiger partial charge is 0.493 e. The Balaban J connectivity index is 1.37. The summed E-state index contributed by atoms with van der Waals surface area (Å²) in [7, 11) is 0. The summed E-state index contributed by atoms with van der Waals surface area (Å²) in [6, 6.07) is 13.0. The highest BCUT2D eigenvalue weighted by Gasteiger charge is 2.61. The molecule has 0 radical (unpaired) electrons. The Kier molecular flexibility index (Phi) is 5.93. The van der Waals surface area contributed by atoms with Crippen molar-refractivity contribution in [1.82, 2.24) is 0 Å². The molecule has 180 valence electrons. The van der Waals surface area contributed by atoms with E-state index in [0.717, 1.165) is 35.4 Å². The van der Waals surface area contributed by atoms with Gasteiger partial charge in [0.2, 0.25) is 11.8 Å². The molecule has 8 heteroatoms. The number of carboxylic acid groups (broad SMARTS) is 1. The molecule has 2 heterocycles. The Morgan fingerprint density at radius 3 is 2.86 bits per heavy atom. The average Bonchev–Trinajstić information content (AvgIpc) is 3.40. The minimum atomic E-state index is -0.864. The summed E-state index contributed by atoms with van der Waals surface area (Å²) in [6.07, 6.45) is 3.79. The molecule has 2 amide bonds. The molecule has 2 N–H and O–H groups in total. The summed E-state index contributed by atoms with van der Waals surface area (Å²) < 4.78 is 5.88. The monoisotopic (exact) mass is 473 g/mol. The van der Waals surface area contributed by atoms with Gasteiger partial charge in [0.05, 0.1) is 18.2 Å². The van der Waals surface area contributed by atoms with Gasteiger partial charge in [-0.05, 0) is 68.0 Å². The van der Waals surface area contributed by atoms with Crippen LogP contribution in [0.15, 0.2) is 36.4 Å². The number of hydrogen-bond donors (Lipinski definition) is 2. The molecule has 8 nitrogen and oxygen atoms in total. The molecule has 2 aromatic carbocycles. The lowest BCUT2D eigenvalue weighted by Crippen LogP contribution is -2.28. The van der Waals surface area contributed by atoms with Crippen LogP contribution >= 0.6 is 0 Å². The fourth-order valence-electron chi connectivity index (χ4n) is 5.45. The van der Waals surface area contributed by atoms with E-state index in [1.54, 1.807) is 23.1 Å². The van der Waals surface area contributed by atoms with Crippen LogP contribution in [0.2, 0.25) is 0 Å². The number of nitriles is 1. The summed E-state index contributed by atoms with van der Waals surface area (Å²) in [5, 5.41) is 21.3. The lowest BCUT2D eigenvalue weighted by atomic mass is 9.86. The van der Waals surface area contributed by atoms with Gasteiger partial charge in [0.1, 0.15) is 5.75 Å². The van der Waals surface area contributed by atoms with E-state index >= 15 is 0 Å². The van der Waals surface area contributed by atoms with E-state index < -0.39 is 5.97 Å². The second-order valence-electron chi connectivity index (χ2n) is 9.56. The van der Waals surface area contributed by atoms with Crippen molar-refractivity contribution < 1.29 is 24.2 Å².